The van der Waals surface area contributed by atoms with Crippen LogP contribution in [0.3, 0.4) is 0 Å². The van der Waals surface area contributed by atoms with Gasteiger partial charge in [0.25, 0.3) is 5.91 Å². The molecule has 8 nitrogen and oxygen atoms in total. The van der Waals surface area contributed by atoms with Crippen molar-refractivity contribution in [3.05, 3.63) is 0 Å². The summed E-state index contributed by atoms with van der Waals surface area (Å²) in [6, 6.07) is -0.515. The van der Waals surface area contributed by atoms with Gasteiger partial charge in [-0.2, -0.15) is 0 Å². The average Bonchev–Trinajstić information content (AvgIpc) is 3.31. The molecule has 0 aromatic carbocycles. The van der Waals surface area contributed by atoms with Gasteiger partial charge < -0.3 is 14.7 Å². The molecule has 0 radical (unpaired) electrons. The maximum absolute atomic E-state index is 12.7. The first kappa shape index (κ1) is 32.3. The van der Waals surface area contributed by atoms with Crippen molar-refractivity contribution >= 4 is 58.0 Å². The minimum atomic E-state index is -0.418. The van der Waals surface area contributed by atoms with Crippen molar-refractivity contribution in [2.45, 2.75) is 106 Å². The van der Waals surface area contributed by atoms with Crippen molar-refractivity contribution in [1.29, 1.82) is 0 Å². The Morgan fingerprint density at radius 1 is 0.763 bits per heavy atom. The number of thiocarbonyl (C=S) groups is 2. The van der Waals surface area contributed by atoms with Crippen molar-refractivity contribution in [3.8, 4) is 0 Å². The van der Waals surface area contributed by atoms with Crippen molar-refractivity contribution in [3.63, 3.8) is 0 Å². The van der Waals surface area contributed by atoms with Crippen LogP contribution in [0, 0.1) is 10.8 Å². The lowest BCUT2D eigenvalue weighted by molar-refractivity contribution is -0.128. The normalized spacial score (nSPS) is 18.6. The quantitative estimate of drug-likeness (QED) is 0.206. The smallest absolute Gasteiger partial charge is 0.327 e. The fraction of sp³-hybridized carbons (Fsp3) is 0.786. The fourth-order valence-corrected chi connectivity index (χ4v) is 5.88. The van der Waals surface area contributed by atoms with E-state index in [0.29, 0.717) is 38.8 Å². The number of nitrogens with zero attached hydrogens (tertiary/aromatic N) is 4. The molecule has 2 fully saturated rings. The molecule has 0 aromatic heterocycles. The maximum atomic E-state index is 12.7. The van der Waals surface area contributed by atoms with Crippen molar-refractivity contribution < 1.29 is 19.2 Å². The van der Waals surface area contributed by atoms with E-state index >= 15 is 0 Å². The summed E-state index contributed by atoms with van der Waals surface area (Å²) in [4.78, 5) is 58.1. The number of hydrogen-bond acceptors (Lipinski definition) is 6. The van der Waals surface area contributed by atoms with Gasteiger partial charge in [0.2, 0.25) is 0 Å². The molecule has 214 valence electrons. The van der Waals surface area contributed by atoms with Gasteiger partial charge in [0.05, 0.1) is 6.54 Å². The molecule has 0 bridgehead atoms. The standard InChI is InChI=1S/C28H46N4O4S2/c1-9-29-17-23(35)31(25(29)36)19(3)27(5,6)15-13-21(33)11-12-22(34)14-16-28(7,8)20(4)32-24(37)18-30(10-2)26(32)38/h19-20H,9-18H2,1-8H3. The lowest BCUT2D eigenvalue weighted by atomic mass is 9.79. The molecule has 2 unspecified atom stereocenters. The number of rotatable bonds is 15. The summed E-state index contributed by atoms with van der Waals surface area (Å²) in [5, 5.41) is 0.758. The SMILES string of the molecule is CCN1CC(=O)N(C(C)C(C)(C)CCC(=O)CCC(=O)CCC(C)(C)C(C)N2C(=S)CN(CC)C2=S)C1=O. The van der Waals surface area contributed by atoms with Crippen molar-refractivity contribution in [1.82, 2.24) is 19.6 Å². The van der Waals surface area contributed by atoms with Gasteiger partial charge in [-0.05, 0) is 63.6 Å². The second-order valence-corrected chi connectivity index (χ2v) is 12.9. The summed E-state index contributed by atoms with van der Waals surface area (Å²) < 4.78 is 0. The summed E-state index contributed by atoms with van der Waals surface area (Å²) in [6.07, 6.45) is 2.41. The number of hydrogen-bond donors (Lipinski definition) is 0. The van der Waals surface area contributed by atoms with Crippen LogP contribution in [-0.2, 0) is 14.4 Å². The summed E-state index contributed by atoms with van der Waals surface area (Å²) in [6.45, 7) is 18.2. The zero-order valence-electron chi connectivity index (χ0n) is 24.5. The first-order valence-electron chi connectivity index (χ1n) is 13.8. The van der Waals surface area contributed by atoms with Gasteiger partial charge in [-0.3, -0.25) is 19.3 Å². The van der Waals surface area contributed by atoms with Gasteiger partial charge >= 0.3 is 6.03 Å². The maximum Gasteiger partial charge on any atom is 0.327 e. The molecule has 2 aliphatic heterocycles. The van der Waals surface area contributed by atoms with Gasteiger partial charge in [0.15, 0.2) is 5.11 Å². The number of carbonyl (C=O) groups is 4. The molecule has 2 heterocycles. The molecule has 0 aliphatic carbocycles. The molecule has 0 N–H and O–H groups in total. The predicted molar refractivity (Wildman–Crippen MR) is 158 cm³/mol. The second-order valence-electron chi connectivity index (χ2n) is 12.0. The first-order valence-corrected chi connectivity index (χ1v) is 14.6. The highest BCUT2D eigenvalue weighted by molar-refractivity contribution is 7.82. The van der Waals surface area contributed by atoms with E-state index in [1.807, 2.05) is 32.6 Å². The molecule has 0 aromatic rings. The zero-order valence-corrected chi connectivity index (χ0v) is 26.1. The summed E-state index contributed by atoms with van der Waals surface area (Å²) in [7, 11) is 0. The van der Waals surface area contributed by atoms with E-state index < -0.39 is 5.41 Å². The first-order chi connectivity index (χ1) is 17.6. The monoisotopic (exact) mass is 566 g/mol. The van der Waals surface area contributed by atoms with Crippen LogP contribution in [0.1, 0.15) is 93.9 Å². The third-order valence-corrected chi connectivity index (χ3v) is 9.50. The Morgan fingerprint density at radius 2 is 1.21 bits per heavy atom. The zero-order chi connectivity index (χ0) is 29.0. The van der Waals surface area contributed by atoms with E-state index in [1.165, 1.54) is 9.80 Å². The Balaban J connectivity index is 1.80. The molecule has 10 heteroatoms. The molecule has 0 spiro atoms. The Kier molecular flexibility index (Phi) is 11.0. The molecule has 2 saturated heterocycles. The molecule has 38 heavy (non-hydrogen) atoms. The van der Waals surface area contributed by atoms with Gasteiger partial charge in [0.1, 0.15) is 23.1 Å². The number of carbonyl (C=O) groups excluding carboxylic acids is 4. The van der Waals surface area contributed by atoms with Gasteiger partial charge in [-0.25, -0.2) is 4.79 Å². The predicted octanol–water partition coefficient (Wildman–Crippen LogP) is 4.83. The molecular weight excluding hydrogens is 520 g/mol. The third kappa shape index (κ3) is 7.37. The van der Waals surface area contributed by atoms with Crippen LogP contribution in [0.5, 0.6) is 0 Å². The van der Waals surface area contributed by atoms with Crippen molar-refractivity contribution in [2.24, 2.45) is 10.8 Å². The van der Waals surface area contributed by atoms with E-state index in [1.54, 1.807) is 0 Å². The van der Waals surface area contributed by atoms with Gasteiger partial charge in [-0.15, -0.1) is 0 Å². The van der Waals surface area contributed by atoms with Crippen LogP contribution in [0.15, 0.2) is 0 Å². The molecule has 2 atom stereocenters. The van der Waals surface area contributed by atoms with Gasteiger partial charge in [0, 0.05) is 50.9 Å². The number of imide groups is 1. The van der Waals surface area contributed by atoms with Crippen LogP contribution < -0.4 is 0 Å². The van der Waals surface area contributed by atoms with Crippen LogP contribution >= 0.6 is 24.4 Å². The van der Waals surface area contributed by atoms with Crippen LogP contribution in [0.2, 0.25) is 0 Å². The number of urea groups is 1. The molecule has 2 rings (SSSR count). The van der Waals surface area contributed by atoms with Crippen LogP contribution in [0.4, 0.5) is 4.79 Å². The fourth-order valence-electron chi connectivity index (χ4n) is 4.96. The van der Waals surface area contributed by atoms with E-state index in [-0.39, 0.29) is 60.4 Å². The Labute approximate surface area is 239 Å². The molecule has 0 saturated carbocycles. The minimum absolute atomic E-state index is 0.0351. The third-order valence-electron chi connectivity index (χ3n) is 8.72. The molecule has 2 aliphatic rings. The summed E-state index contributed by atoms with van der Waals surface area (Å²) in [5.41, 5.74) is -0.603. The number of ketones is 2. The highest BCUT2D eigenvalue weighted by Crippen LogP contribution is 2.35. The Bertz CT molecular complexity index is 889. The summed E-state index contributed by atoms with van der Waals surface area (Å²) in [5.74, 6) is -0.0727. The highest BCUT2D eigenvalue weighted by Gasteiger charge is 2.43. The topological polar surface area (TPSA) is 81.2 Å². The largest absolute Gasteiger partial charge is 0.342 e. The minimum Gasteiger partial charge on any atom is -0.342 e. The average molecular weight is 567 g/mol. The van der Waals surface area contributed by atoms with Gasteiger partial charge in [-0.1, -0.05) is 39.9 Å². The van der Waals surface area contributed by atoms with E-state index in [0.717, 1.165) is 16.6 Å². The number of amides is 3. The van der Waals surface area contributed by atoms with Crippen molar-refractivity contribution in [2.75, 3.05) is 26.2 Å². The Morgan fingerprint density at radius 3 is 1.61 bits per heavy atom. The Hall–Kier alpha value is -1.94. The lowest BCUT2D eigenvalue weighted by Crippen LogP contribution is -2.47. The van der Waals surface area contributed by atoms with Crippen LogP contribution in [-0.4, -0.2) is 91.5 Å². The lowest BCUT2D eigenvalue weighted by Gasteiger charge is -2.39. The highest BCUT2D eigenvalue weighted by atomic mass is 32.1. The van der Waals surface area contributed by atoms with Crippen LogP contribution in [0.25, 0.3) is 0 Å². The second kappa shape index (κ2) is 12.9. The number of Topliss-reactive ketones (excluding diaryl/α,β-unsaturated/α-hetero) is 2. The molecular formula is C28H46N4O4S2. The summed E-state index contributed by atoms with van der Waals surface area (Å²) >= 11 is 11.2. The number of likely N-dealkylation sites (N-methyl/N-ethyl adjacent to an activating group) is 2. The van der Waals surface area contributed by atoms with E-state index in [4.69, 9.17) is 24.4 Å². The van der Waals surface area contributed by atoms with E-state index in [9.17, 15) is 19.2 Å². The van der Waals surface area contributed by atoms with E-state index in [2.05, 4.69) is 32.6 Å². The molecule has 3 amide bonds.